The van der Waals surface area contributed by atoms with Crippen LogP contribution in [0.25, 0.3) is 0 Å². The molecule has 0 saturated carbocycles. The number of piperazine rings is 1. The molecular weight excluding hydrogens is 353 g/mol. The highest BCUT2D eigenvalue weighted by molar-refractivity contribution is 5.81. The maximum atomic E-state index is 13.0. The van der Waals surface area contributed by atoms with Gasteiger partial charge in [0.2, 0.25) is 5.88 Å². The summed E-state index contributed by atoms with van der Waals surface area (Å²) in [7, 11) is 2.02. The van der Waals surface area contributed by atoms with Crippen LogP contribution in [0.15, 0.2) is 39.0 Å². The molecule has 1 saturated heterocycles. The zero-order valence-corrected chi connectivity index (χ0v) is 15.1. The maximum Gasteiger partial charge on any atom is 0.331 e. The van der Waals surface area contributed by atoms with E-state index in [0.717, 1.165) is 36.3 Å². The van der Waals surface area contributed by atoms with Crippen LogP contribution in [-0.2, 0) is 13.0 Å². The molecular formula is C18H22FN5O3. The monoisotopic (exact) mass is 375 g/mol. The lowest BCUT2D eigenvalue weighted by molar-refractivity contribution is 0.159. The Labute approximate surface area is 155 Å². The van der Waals surface area contributed by atoms with E-state index in [1.165, 1.54) is 18.3 Å². The Morgan fingerprint density at radius 3 is 2.52 bits per heavy atom. The third-order valence-electron chi connectivity index (χ3n) is 4.57. The molecule has 3 rings (SSSR count). The number of rotatable bonds is 5. The molecule has 8 nitrogen and oxygen atoms in total. The van der Waals surface area contributed by atoms with Crippen LogP contribution in [0.3, 0.4) is 0 Å². The fourth-order valence-electron chi connectivity index (χ4n) is 2.84. The number of hydrogen-bond donors (Lipinski definition) is 2. The van der Waals surface area contributed by atoms with Crippen LogP contribution < -0.4 is 11.2 Å². The highest BCUT2D eigenvalue weighted by atomic mass is 19.1. The summed E-state index contributed by atoms with van der Waals surface area (Å²) < 4.78 is 14.1. The number of aromatic amines is 1. The van der Waals surface area contributed by atoms with Crippen LogP contribution in [0.2, 0.25) is 0 Å². The number of aromatic hydroxyl groups is 1. The minimum Gasteiger partial charge on any atom is -0.494 e. The molecule has 1 aromatic carbocycles. The van der Waals surface area contributed by atoms with E-state index >= 15 is 0 Å². The largest absolute Gasteiger partial charge is 0.494 e. The molecule has 1 aliphatic rings. The van der Waals surface area contributed by atoms with Gasteiger partial charge in [-0.15, -0.1) is 0 Å². The first-order valence-electron chi connectivity index (χ1n) is 8.72. The summed E-state index contributed by atoms with van der Waals surface area (Å²) in [6.45, 7) is 3.29. The van der Waals surface area contributed by atoms with Crippen molar-refractivity contribution in [2.75, 3.05) is 33.2 Å². The normalized spacial score (nSPS) is 15.6. The van der Waals surface area contributed by atoms with Crippen molar-refractivity contribution in [3.63, 3.8) is 0 Å². The lowest BCUT2D eigenvalue weighted by Gasteiger charge is -2.30. The van der Waals surface area contributed by atoms with Gasteiger partial charge in [0, 0.05) is 32.7 Å². The Bertz CT molecular complexity index is 927. The summed E-state index contributed by atoms with van der Waals surface area (Å²) in [5.74, 6) is -0.769. The van der Waals surface area contributed by atoms with Crippen LogP contribution in [0.4, 0.5) is 4.39 Å². The molecule has 2 aromatic rings. The summed E-state index contributed by atoms with van der Waals surface area (Å²) in [4.78, 5) is 28.5. The number of nitrogens with zero attached hydrogens (tertiary/aromatic N) is 4. The number of H-pyrrole nitrogens is 1. The molecule has 0 spiro atoms. The van der Waals surface area contributed by atoms with E-state index in [9.17, 15) is 19.1 Å². The molecule has 1 aromatic heterocycles. The SMILES string of the molecule is CN1CCN(N=Cc2c(O)n(CCc3ccc(F)cc3)c(=O)[nH]c2=O)CC1. The van der Waals surface area contributed by atoms with Gasteiger partial charge in [-0.3, -0.25) is 19.4 Å². The van der Waals surface area contributed by atoms with Gasteiger partial charge in [-0.1, -0.05) is 12.1 Å². The molecule has 0 unspecified atom stereocenters. The van der Waals surface area contributed by atoms with Crippen molar-refractivity contribution in [2.45, 2.75) is 13.0 Å². The van der Waals surface area contributed by atoms with Crippen molar-refractivity contribution < 1.29 is 9.50 Å². The lowest BCUT2D eigenvalue weighted by Crippen LogP contribution is -2.42. The van der Waals surface area contributed by atoms with Crippen LogP contribution in [0, 0.1) is 5.82 Å². The predicted molar refractivity (Wildman–Crippen MR) is 99.8 cm³/mol. The minimum atomic E-state index is -0.698. The summed E-state index contributed by atoms with van der Waals surface area (Å²) in [6, 6.07) is 5.88. The second-order valence-corrected chi connectivity index (χ2v) is 6.53. The zero-order valence-electron chi connectivity index (χ0n) is 15.1. The van der Waals surface area contributed by atoms with Gasteiger partial charge in [0.1, 0.15) is 11.4 Å². The van der Waals surface area contributed by atoms with Crippen molar-refractivity contribution in [2.24, 2.45) is 5.10 Å². The highest BCUT2D eigenvalue weighted by Crippen LogP contribution is 2.11. The number of hydrazone groups is 1. The number of halogens is 1. The van der Waals surface area contributed by atoms with Crippen LogP contribution in [0.1, 0.15) is 11.1 Å². The number of aromatic nitrogens is 2. The lowest BCUT2D eigenvalue weighted by atomic mass is 10.1. The Kier molecular flexibility index (Phi) is 5.70. The third kappa shape index (κ3) is 4.62. The van der Waals surface area contributed by atoms with E-state index in [1.54, 1.807) is 12.1 Å². The first kappa shape index (κ1) is 18.8. The summed E-state index contributed by atoms with van der Waals surface area (Å²) >= 11 is 0. The van der Waals surface area contributed by atoms with Gasteiger partial charge in [-0.05, 0) is 31.2 Å². The average Bonchev–Trinajstić information content (AvgIpc) is 2.64. The number of nitrogens with one attached hydrogen (secondary N) is 1. The van der Waals surface area contributed by atoms with Gasteiger partial charge in [-0.25, -0.2) is 9.18 Å². The smallest absolute Gasteiger partial charge is 0.331 e. The molecule has 1 aliphatic heterocycles. The quantitative estimate of drug-likeness (QED) is 0.729. The van der Waals surface area contributed by atoms with Gasteiger partial charge < -0.3 is 10.0 Å². The molecule has 27 heavy (non-hydrogen) atoms. The number of hydrogen-bond acceptors (Lipinski definition) is 6. The van der Waals surface area contributed by atoms with Crippen LogP contribution in [0.5, 0.6) is 5.88 Å². The molecule has 144 valence electrons. The topological polar surface area (TPSA) is 93.9 Å². The Balaban J connectivity index is 1.79. The van der Waals surface area contributed by atoms with Crippen molar-refractivity contribution in [3.8, 4) is 5.88 Å². The van der Waals surface area contributed by atoms with Crippen molar-refractivity contribution in [1.29, 1.82) is 0 Å². The Morgan fingerprint density at radius 2 is 1.85 bits per heavy atom. The summed E-state index contributed by atoms with van der Waals surface area (Å²) in [6.07, 6.45) is 1.68. The van der Waals surface area contributed by atoms with E-state index in [2.05, 4.69) is 15.0 Å². The van der Waals surface area contributed by atoms with Gasteiger partial charge in [-0.2, -0.15) is 5.10 Å². The van der Waals surface area contributed by atoms with E-state index in [-0.39, 0.29) is 17.9 Å². The molecule has 2 heterocycles. The zero-order chi connectivity index (χ0) is 19.4. The van der Waals surface area contributed by atoms with E-state index in [1.807, 2.05) is 12.1 Å². The molecule has 0 aliphatic carbocycles. The maximum absolute atomic E-state index is 13.0. The standard InChI is InChI=1S/C18H22FN5O3/c1-22-8-10-23(11-9-22)20-12-15-16(25)21-18(27)24(17(15)26)7-6-13-2-4-14(19)5-3-13/h2-5,12,26H,6-11H2,1H3,(H,21,25,27). The fraction of sp³-hybridized carbons (Fsp3) is 0.389. The molecule has 0 amide bonds. The van der Waals surface area contributed by atoms with E-state index < -0.39 is 17.1 Å². The van der Waals surface area contributed by atoms with Gasteiger partial charge >= 0.3 is 5.69 Å². The average molecular weight is 375 g/mol. The van der Waals surface area contributed by atoms with Crippen molar-refractivity contribution in [1.82, 2.24) is 19.5 Å². The van der Waals surface area contributed by atoms with Crippen LogP contribution in [-0.4, -0.2) is 64.0 Å². The molecule has 0 atom stereocenters. The number of benzene rings is 1. The molecule has 9 heteroatoms. The third-order valence-corrected chi connectivity index (χ3v) is 4.57. The first-order valence-corrected chi connectivity index (χ1v) is 8.72. The minimum absolute atomic E-state index is 0.0624. The molecule has 0 bridgehead atoms. The Hall–Kier alpha value is -2.94. The highest BCUT2D eigenvalue weighted by Gasteiger charge is 2.15. The van der Waals surface area contributed by atoms with Crippen molar-refractivity contribution in [3.05, 3.63) is 62.0 Å². The van der Waals surface area contributed by atoms with Gasteiger partial charge in [0.25, 0.3) is 5.56 Å². The van der Waals surface area contributed by atoms with Gasteiger partial charge in [0.15, 0.2) is 0 Å². The molecule has 1 fully saturated rings. The Morgan fingerprint density at radius 1 is 1.19 bits per heavy atom. The first-order chi connectivity index (χ1) is 12.9. The van der Waals surface area contributed by atoms with Crippen molar-refractivity contribution >= 4 is 6.21 Å². The predicted octanol–water partition coefficient (Wildman–Crippen LogP) is 0.205. The van der Waals surface area contributed by atoms with E-state index in [4.69, 9.17) is 0 Å². The number of likely N-dealkylation sites (N-methyl/N-ethyl adjacent to an activating group) is 1. The number of aryl methyl sites for hydroxylation is 1. The summed E-state index contributed by atoms with van der Waals surface area (Å²) in [5, 5.41) is 16.5. The second-order valence-electron chi connectivity index (χ2n) is 6.53. The van der Waals surface area contributed by atoms with E-state index in [0.29, 0.717) is 6.42 Å². The molecule has 0 radical (unpaired) electrons. The second kappa shape index (κ2) is 8.17. The summed E-state index contributed by atoms with van der Waals surface area (Å²) in [5.41, 5.74) is -0.640. The van der Waals surface area contributed by atoms with Gasteiger partial charge in [0.05, 0.1) is 6.21 Å². The molecule has 2 N–H and O–H groups in total. The fourth-order valence-corrected chi connectivity index (χ4v) is 2.84. The van der Waals surface area contributed by atoms with Crippen LogP contribution >= 0.6 is 0 Å².